The van der Waals surface area contributed by atoms with Gasteiger partial charge in [-0.3, -0.25) is 0 Å². The molecule has 112 valence electrons. The molecule has 0 spiro atoms. The molecule has 0 aliphatic heterocycles. The van der Waals surface area contributed by atoms with E-state index in [2.05, 4.69) is 21.2 Å². The van der Waals surface area contributed by atoms with E-state index >= 15 is 0 Å². The van der Waals surface area contributed by atoms with Crippen LogP contribution in [0.5, 0.6) is 0 Å². The van der Waals surface area contributed by atoms with Crippen LogP contribution in [0.1, 0.15) is 24.1 Å². The Kier molecular flexibility index (Phi) is 5.73. The third-order valence-electron chi connectivity index (χ3n) is 3.25. The minimum Gasteiger partial charge on any atom is -0.310 e. The van der Waals surface area contributed by atoms with E-state index < -0.39 is 5.82 Å². The molecule has 21 heavy (non-hydrogen) atoms. The maximum Gasteiger partial charge on any atom is 0.142 e. The summed E-state index contributed by atoms with van der Waals surface area (Å²) >= 11 is 9.20. The van der Waals surface area contributed by atoms with Crippen LogP contribution in [0.4, 0.5) is 8.78 Å². The smallest absolute Gasteiger partial charge is 0.142 e. The molecular weight excluding hydrogens is 360 g/mol. The zero-order chi connectivity index (χ0) is 15.4. The van der Waals surface area contributed by atoms with Crippen molar-refractivity contribution in [2.45, 2.75) is 19.4 Å². The molecule has 0 amide bonds. The molecule has 2 aromatic carbocycles. The molecular formula is C16H15BrClF2N. The van der Waals surface area contributed by atoms with Crippen LogP contribution in [0, 0.1) is 11.6 Å². The maximum absolute atomic E-state index is 13.5. The molecule has 0 heterocycles. The van der Waals surface area contributed by atoms with Gasteiger partial charge in [0.15, 0.2) is 0 Å². The summed E-state index contributed by atoms with van der Waals surface area (Å²) in [6.07, 6.45) is 0.530. The summed E-state index contributed by atoms with van der Waals surface area (Å²) in [6, 6.07) is 9.58. The number of likely N-dealkylation sites (N-methyl/N-ethyl adjacent to an activating group) is 1. The predicted octanol–water partition coefficient (Wildman–Crippen LogP) is 5.27. The second-order valence-electron chi connectivity index (χ2n) is 4.70. The largest absolute Gasteiger partial charge is 0.310 e. The SMILES string of the molecule is CCNC(Cc1cccc(F)c1Cl)c1ccc(F)c(Br)c1. The molecule has 1 nitrogen and oxygen atoms in total. The summed E-state index contributed by atoms with van der Waals surface area (Å²) in [6.45, 7) is 2.73. The Morgan fingerprint density at radius 1 is 1.19 bits per heavy atom. The molecule has 0 saturated heterocycles. The number of hydrogen-bond donors (Lipinski definition) is 1. The van der Waals surface area contributed by atoms with Crippen LogP contribution < -0.4 is 5.32 Å². The van der Waals surface area contributed by atoms with Crippen LogP contribution in [-0.4, -0.2) is 6.54 Å². The van der Waals surface area contributed by atoms with Crippen molar-refractivity contribution in [3.05, 3.63) is 68.7 Å². The highest BCUT2D eigenvalue weighted by molar-refractivity contribution is 9.10. The average Bonchev–Trinajstić information content (AvgIpc) is 2.46. The number of nitrogens with one attached hydrogen (secondary N) is 1. The van der Waals surface area contributed by atoms with Crippen molar-refractivity contribution in [1.29, 1.82) is 0 Å². The first-order valence-electron chi connectivity index (χ1n) is 6.64. The highest BCUT2D eigenvalue weighted by Crippen LogP contribution is 2.27. The lowest BCUT2D eigenvalue weighted by atomic mass is 9.98. The Morgan fingerprint density at radius 3 is 2.62 bits per heavy atom. The van der Waals surface area contributed by atoms with Gasteiger partial charge in [0.2, 0.25) is 0 Å². The molecule has 1 atom stereocenters. The van der Waals surface area contributed by atoms with Gasteiger partial charge in [0.05, 0.1) is 9.50 Å². The molecule has 5 heteroatoms. The zero-order valence-corrected chi connectivity index (χ0v) is 13.8. The zero-order valence-electron chi connectivity index (χ0n) is 11.5. The lowest BCUT2D eigenvalue weighted by Crippen LogP contribution is -2.23. The average molecular weight is 375 g/mol. The fourth-order valence-electron chi connectivity index (χ4n) is 2.21. The van der Waals surface area contributed by atoms with E-state index in [-0.39, 0.29) is 16.9 Å². The Balaban J connectivity index is 2.30. The summed E-state index contributed by atoms with van der Waals surface area (Å²) < 4.78 is 27.3. The van der Waals surface area contributed by atoms with E-state index in [0.717, 1.165) is 17.7 Å². The van der Waals surface area contributed by atoms with E-state index in [1.165, 1.54) is 12.1 Å². The van der Waals surface area contributed by atoms with Crippen molar-refractivity contribution in [2.24, 2.45) is 0 Å². The monoisotopic (exact) mass is 373 g/mol. The predicted molar refractivity (Wildman–Crippen MR) is 85.6 cm³/mol. The van der Waals surface area contributed by atoms with E-state index in [9.17, 15) is 8.78 Å². The Hall–Kier alpha value is -0.970. The maximum atomic E-state index is 13.5. The summed E-state index contributed by atoms with van der Waals surface area (Å²) in [4.78, 5) is 0. The minimum absolute atomic E-state index is 0.0637. The molecule has 0 aromatic heterocycles. The van der Waals surface area contributed by atoms with Crippen LogP contribution in [0.25, 0.3) is 0 Å². The van der Waals surface area contributed by atoms with Crippen LogP contribution in [-0.2, 0) is 6.42 Å². The van der Waals surface area contributed by atoms with Crippen LogP contribution in [0.3, 0.4) is 0 Å². The lowest BCUT2D eigenvalue weighted by molar-refractivity contribution is 0.544. The number of benzene rings is 2. The molecule has 0 saturated carbocycles. The Bertz CT molecular complexity index is 634. The van der Waals surface area contributed by atoms with Gasteiger partial charge < -0.3 is 5.32 Å². The summed E-state index contributed by atoms with van der Waals surface area (Å²) in [5.74, 6) is -0.734. The molecule has 0 aliphatic carbocycles. The minimum atomic E-state index is -0.426. The van der Waals surface area contributed by atoms with Gasteiger partial charge in [-0.1, -0.05) is 36.7 Å². The van der Waals surface area contributed by atoms with Crippen molar-refractivity contribution in [3.63, 3.8) is 0 Å². The van der Waals surface area contributed by atoms with Gasteiger partial charge >= 0.3 is 0 Å². The van der Waals surface area contributed by atoms with E-state index in [1.54, 1.807) is 24.3 Å². The first-order chi connectivity index (χ1) is 10.0. The van der Waals surface area contributed by atoms with Crippen molar-refractivity contribution in [3.8, 4) is 0 Å². The summed E-state index contributed by atoms with van der Waals surface area (Å²) in [5, 5.41) is 3.46. The third-order valence-corrected chi connectivity index (χ3v) is 4.28. The lowest BCUT2D eigenvalue weighted by Gasteiger charge is -2.19. The summed E-state index contributed by atoms with van der Waals surface area (Å²) in [7, 11) is 0. The number of hydrogen-bond acceptors (Lipinski definition) is 1. The van der Waals surface area contributed by atoms with Crippen molar-refractivity contribution in [2.75, 3.05) is 6.54 Å². The Labute approximate surface area is 136 Å². The molecule has 0 aliphatic rings. The first-order valence-corrected chi connectivity index (χ1v) is 7.81. The molecule has 0 bridgehead atoms. The van der Waals surface area contributed by atoms with Gasteiger partial charge in [0.25, 0.3) is 0 Å². The highest BCUT2D eigenvalue weighted by Gasteiger charge is 2.16. The summed E-state index contributed by atoms with van der Waals surface area (Å²) in [5.41, 5.74) is 1.65. The van der Waals surface area contributed by atoms with Gasteiger partial charge in [-0.2, -0.15) is 0 Å². The molecule has 2 rings (SSSR count). The molecule has 1 unspecified atom stereocenters. The van der Waals surface area contributed by atoms with Crippen molar-refractivity contribution < 1.29 is 8.78 Å². The standard InChI is InChI=1S/C16H15BrClF2N/c1-2-21-15(10-6-7-13(19)12(17)8-10)9-11-4-3-5-14(20)16(11)18/h3-8,15,21H,2,9H2,1H3. The van der Waals surface area contributed by atoms with E-state index in [1.807, 2.05) is 6.92 Å². The van der Waals surface area contributed by atoms with Gasteiger partial charge in [-0.05, 0) is 58.2 Å². The molecule has 2 aromatic rings. The second kappa shape index (κ2) is 7.34. The van der Waals surface area contributed by atoms with E-state index in [0.29, 0.717) is 10.9 Å². The number of halogens is 4. The molecule has 1 N–H and O–H groups in total. The normalized spacial score (nSPS) is 12.4. The fourth-order valence-corrected chi connectivity index (χ4v) is 2.81. The van der Waals surface area contributed by atoms with Crippen molar-refractivity contribution in [1.82, 2.24) is 5.32 Å². The third kappa shape index (κ3) is 4.02. The molecule has 0 radical (unpaired) electrons. The van der Waals surface area contributed by atoms with Gasteiger partial charge in [0.1, 0.15) is 11.6 Å². The van der Waals surface area contributed by atoms with E-state index in [4.69, 9.17) is 11.6 Å². The van der Waals surface area contributed by atoms with Crippen LogP contribution in [0.15, 0.2) is 40.9 Å². The van der Waals surface area contributed by atoms with Gasteiger partial charge in [-0.25, -0.2) is 8.78 Å². The fraction of sp³-hybridized carbons (Fsp3) is 0.250. The van der Waals surface area contributed by atoms with Crippen LogP contribution >= 0.6 is 27.5 Å². The molecule has 0 fully saturated rings. The highest BCUT2D eigenvalue weighted by atomic mass is 79.9. The number of rotatable bonds is 5. The van der Waals surface area contributed by atoms with Gasteiger partial charge in [0, 0.05) is 6.04 Å². The van der Waals surface area contributed by atoms with Crippen molar-refractivity contribution >= 4 is 27.5 Å². The van der Waals surface area contributed by atoms with Crippen LogP contribution in [0.2, 0.25) is 5.02 Å². The van der Waals surface area contributed by atoms with Gasteiger partial charge in [-0.15, -0.1) is 0 Å². The quantitative estimate of drug-likeness (QED) is 0.751. The Morgan fingerprint density at radius 2 is 1.95 bits per heavy atom. The topological polar surface area (TPSA) is 12.0 Å². The first kappa shape index (κ1) is 16.4. The second-order valence-corrected chi connectivity index (χ2v) is 5.93.